The average Bonchev–Trinajstić information content (AvgIpc) is 2.68. The lowest BCUT2D eigenvalue weighted by Gasteiger charge is -2.31. The summed E-state index contributed by atoms with van der Waals surface area (Å²) in [5, 5.41) is 3.30. The maximum absolute atomic E-state index is 12.3. The summed E-state index contributed by atoms with van der Waals surface area (Å²) < 4.78 is 0. The molecule has 5 heteroatoms. The number of nitrogens with zero attached hydrogens (tertiary/aromatic N) is 3. The van der Waals surface area contributed by atoms with Crippen LogP contribution in [0.3, 0.4) is 0 Å². The lowest BCUT2D eigenvalue weighted by molar-refractivity contribution is -0.133. The van der Waals surface area contributed by atoms with Crippen molar-refractivity contribution in [3.05, 3.63) is 0 Å². The summed E-state index contributed by atoms with van der Waals surface area (Å²) in [6.07, 6.45) is 3.88. The van der Waals surface area contributed by atoms with Crippen LogP contribution >= 0.6 is 0 Å². The summed E-state index contributed by atoms with van der Waals surface area (Å²) >= 11 is 0. The number of hydrogen-bond donors (Lipinski definition) is 1. The van der Waals surface area contributed by atoms with Crippen molar-refractivity contribution in [1.29, 1.82) is 0 Å². The first kappa shape index (κ1) is 13.3. The summed E-state index contributed by atoms with van der Waals surface area (Å²) in [6.45, 7) is 6.42. The van der Waals surface area contributed by atoms with Crippen LogP contribution in [-0.4, -0.2) is 85.6 Å². The fraction of sp³-hybridized carbons (Fsp3) is 0.929. The van der Waals surface area contributed by atoms with Crippen molar-refractivity contribution < 1.29 is 4.79 Å². The van der Waals surface area contributed by atoms with Gasteiger partial charge in [0.05, 0.1) is 6.54 Å². The number of piperazine rings is 1. The average molecular weight is 266 g/mol. The second-order valence-corrected chi connectivity index (χ2v) is 6.21. The molecule has 0 saturated carbocycles. The van der Waals surface area contributed by atoms with Crippen LogP contribution < -0.4 is 5.32 Å². The molecule has 0 radical (unpaired) electrons. The summed E-state index contributed by atoms with van der Waals surface area (Å²) in [7, 11) is 2.25. The maximum Gasteiger partial charge on any atom is 0.236 e. The molecule has 0 spiro atoms. The van der Waals surface area contributed by atoms with E-state index in [1.54, 1.807) is 0 Å². The first-order valence-electron chi connectivity index (χ1n) is 7.67. The van der Waals surface area contributed by atoms with Gasteiger partial charge in [-0.05, 0) is 26.3 Å². The Hall–Kier alpha value is -0.650. The van der Waals surface area contributed by atoms with Crippen LogP contribution in [0.2, 0.25) is 0 Å². The number of fused-ring (bicyclic) bond motifs is 2. The molecule has 3 rings (SSSR count). The van der Waals surface area contributed by atoms with Crippen LogP contribution in [0.1, 0.15) is 19.3 Å². The topological polar surface area (TPSA) is 38.8 Å². The zero-order valence-electron chi connectivity index (χ0n) is 12.0. The Morgan fingerprint density at radius 1 is 1.11 bits per heavy atom. The molecule has 0 aromatic rings. The highest BCUT2D eigenvalue weighted by atomic mass is 16.2. The van der Waals surface area contributed by atoms with Crippen molar-refractivity contribution in [3.63, 3.8) is 0 Å². The number of amides is 1. The van der Waals surface area contributed by atoms with Crippen LogP contribution in [0, 0.1) is 0 Å². The van der Waals surface area contributed by atoms with E-state index >= 15 is 0 Å². The van der Waals surface area contributed by atoms with Crippen molar-refractivity contribution in [1.82, 2.24) is 20.0 Å². The van der Waals surface area contributed by atoms with E-state index in [1.165, 1.54) is 19.3 Å². The van der Waals surface area contributed by atoms with E-state index in [0.717, 1.165) is 45.3 Å². The lowest BCUT2D eigenvalue weighted by Crippen LogP contribution is -2.50. The minimum absolute atomic E-state index is 0.321. The molecule has 0 aliphatic carbocycles. The number of rotatable bonds is 2. The predicted octanol–water partition coefficient (Wildman–Crippen LogP) is -0.413. The summed E-state index contributed by atoms with van der Waals surface area (Å²) in [6, 6.07) is 1.42. The summed E-state index contributed by atoms with van der Waals surface area (Å²) in [4.78, 5) is 19.2. The van der Waals surface area contributed by atoms with Gasteiger partial charge in [0.15, 0.2) is 0 Å². The molecular weight excluding hydrogens is 240 g/mol. The van der Waals surface area contributed by atoms with Crippen molar-refractivity contribution >= 4 is 5.91 Å². The molecule has 2 bridgehead atoms. The summed E-state index contributed by atoms with van der Waals surface area (Å²) in [5.74, 6) is 0.321. The monoisotopic (exact) mass is 266 g/mol. The number of likely N-dealkylation sites (tertiary alicyclic amines) is 1. The Morgan fingerprint density at radius 3 is 2.63 bits per heavy atom. The first-order chi connectivity index (χ1) is 9.24. The number of carbonyl (C=O) groups is 1. The molecule has 3 heterocycles. The van der Waals surface area contributed by atoms with Crippen LogP contribution in [-0.2, 0) is 4.79 Å². The molecule has 3 aliphatic rings. The van der Waals surface area contributed by atoms with Gasteiger partial charge in [-0.15, -0.1) is 0 Å². The second kappa shape index (κ2) is 5.77. The van der Waals surface area contributed by atoms with Gasteiger partial charge < -0.3 is 10.2 Å². The highest BCUT2D eigenvalue weighted by Gasteiger charge is 2.35. The molecule has 1 amide bonds. The van der Waals surface area contributed by atoms with Crippen molar-refractivity contribution in [2.45, 2.75) is 31.3 Å². The van der Waals surface area contributed by atoms with Gasteiger partial charge in [-0.1, -0.05) is 0 Å². The minimum atomic E-state index is 0.321. The van der Waals surface area contributed by atoms with E-state index in [4.69, 9.17) is 0 Å². The molecule has 108 valence electrons. The molecule has 3 saturated heterocycles. The van der Waals surface area contributed by atoms with E-state index in [0.29, 0.717) is 18.5 Å². The fourth-order valence-electron chi connectivity index (χ4n) is 3.73. The number of carbonyl (C=O) groups excluding carboxylic acids is 1. The van der Waals surface area contributed by atoms with Gasteiger partial charge in [-0.25, -0.2) is 0 Å². The highest BCUT2D eigenvalue weighted by molar-refractivity contribution is 5.78. The molecular formula is C14H26N4O. The highest BCUT2D eigenvalue weighted by Crippen LogP contribution is 2.28. The van der Waals surface area contributed by atoms with E-state index in [-0.39, 0.29) is 0 Å². The van der Waals surface area contributed by atoms with Gasteiger partial charge in [0.25, 0.3) is 0 Å². The third-order valence-electron chi connectivity index (χ3n) is 5.06. The third-order valence-corrected chi connectivity index (χ3v) is 5.06. The van der Waals surface area contributed by atoms with Crippen LogP contribution in [0.4, 0.5) is 0 Å². The molecule has 19 heavy (non-hydrogen) atoms. The SMILES string of the molecule is CN1C2CCC1CN(CC(=O)N1CCNCC1)CC2. The Labute approximate surface area is 115 Å². The largest absolute Gasteiger partial charge is 0.339 e. The first-order valence-corrected chi connectivity index (χ1v) is 7.67. The van der Waals surface area contributed by atoms with E-state index < -0.39 is 0 Å². The maximum atomic E-state index is 12.3. The Balaban J connectivity index is 1.53. The molecule has 2 unspecified atom stereocenters. The summed E-state index contributed by atoms with van der Waals surface area (Å²) in [5.41, 5.74) is 0. The van der Waals surface area contributed by atoms with Crippen molar-refractivity contribution in [2.75, 3.05) is 52.9 Å². The second-order valence-electron chi connectivity index (χ2n) is 6.21. The molecule has 3 fully saturated rings. The standard InChI is InChI=1S/C14H26N4O/c1-16-12-2-3-13(16)10-17(7-4-12)11-14(19)18-8-5-15-6-9-18/h12-13,15H,2-11H2,1H3. The minimum Gasteiger partial charge on any atom is -0.339 e. The molecule has 0 aromatic heterocycles. The van der Waals surface area contributed by atoms with Crippen LogP contribution in [0.25, 0.3) is 0 Å². The van der Waals surface area contributed by atoms with Crippen LogP contribution in [0.5, 0.6) is 0 Å². The quantitative estimate of drug-likeness (QED) is 0.737. The van der Waals surface area contributed by atoms with Gasteiger partial charge >= 0.3 is 0 Å². The van der Waals surface area contributed by atoms with Gasteiger partial charge in [0.1, 0.15) is 0 Å². The molecule has 3 aliphatic heterocycles. The van der Waals surface area contributed by atoms with Gasteiger partial charge in [-0.2, -0.15) is 0 Å². The third kappa shape index (κ3) is 2.93. The van der Waals surface area contributed by atoms with Crippen LogP contribution in [0.15, 0.2) is 0 Å². The lowest BCUT2D eigenvalue weighted by atomic mass is 10.1. The Kier molecular flexibility index (Phi) is 4.05. The van der Waals surface area contributed by atoms with Gasteiger partial charge in [-0.3, -0.25) is 14.6 Å². The van der Waals surface area contributed by atoms with Gasteiger partial charge in [0, 0.05) is 51.4 Å². The Morgan fingerprint density at radius 2 is 1.84 bits per heavy atom. The smallest absolute Gasteiger partial charge is 0.236 e. The van der Waals surface area contributed by atoms with Crippen molar-refractivity contribution in [3.8, 4) is 0 Å². The van der Waals surface area contributed by atoms with E-state index in [1.807, 2.05) is 4.90 Å². The molecule has 2 atom stereocenters. The predicted molar refractivity (Wildman–Crippen MR) is 75.1 cm³/mol. The van der Waals surface area contributed by atoms with E-state index in [2.05, 4.69) is 22.2 Å². The molecule has 5 nitrogen and oxygen atoms in total. The van der Waals surface area contributed by atoms with Crippen molar-refractivity contribution in [2.24, 2.45) is 0 Å². The Bertz CT molecular complexity index is 329. The number of nitrogens with one attached hydrogen (secondary N) is 1. The zero-order valence-corrected chi connectivity index (χ0v) is 12.0. The van der Waals surface area contributed by atoms with E-state index in [9.17, 15) is 4.79 Å². The number of likely N-dealkylation sites (N-methyl/N-ethyl adjacent to an activating group) is 1. The molecule has 0 aromatic carbocycles. The zero-order chi connectivity index (χ0) is 13.2. The number of hydrogen-bond acceptors (Lipinski definition) is 4. The normalized spacial score (nSPS) is 33.4. The fourth-order valence-corrected chi connectivity index (χ4v) is 3.73. The van der Waals surface area contributed by atoms with Gasteiger partial charge in [0.2, 0.25) is 5.91 Å². The molecule has 1 N–H and O–H groups in total.